The van der Waals surface area contributed by atoms with Crippen molar-refractivity contribution in [1.82, 2.24) is 5.32 Å². The fourth-order valence-electron chi connectivity index (χ4n) is 1.74. The number of hydrogen-bond donors (Lipinski definition) is 1. The zero-order valence-electron chi connectivity index (χ0n) is 11.8. The van der Waals surface area contributed by atoms with E-state index in [1.165, 1.54) is 0 Å². The van der Waals surface area contributed by atoms with Gasteiger partial charge in [-0.15, -0.1) is 11.6 Å². The summed E-state index contributed by atoms with van der Waals surface area (Å²) in [6, 6.07) is 7.33. The Hall–Kier alpha value is -1.22. The highest BCUT2D eigenvalue weighted by molar-refractivity contribution is 6.17. The molecule has 1 aromatic rings. The van der Waals surface area contributed by atoms with Crippen LogP contribution in [0.25, 0.3) is 0 Å². The van der Waals surface area contributed by atoms with Gasteiger partial charge < -0.3 is 10.1 Å². The van der Waals surface area contributed by atoms with Crippen LogP contribution in [0.3, 0.4) is 0 Å². The minimum absolute atomic E-state index is 0.0620. The zero-order valence-corrected chi connectivity index (χ0v) is 12.5. The molecular formula is C15H22ClNO2. The fraction of sp³-hybridized carbons (Fsp3) is 0.533. The van der Waals surface area contributed by atoms with Gasteiger partial charge in [-0.25, -0.2) is 0 Å². The molecule has 0 aliphatic carbocycles. The van der Waals surface area contributed by atoms with E-state index in [9.17, 15) is 4.79 Å². The number of ether oxygens (including phenoxy) is 1. The number of halogens is 1. The molecule has 0 saturated carbocycles. The Morgan fingerprint density at radius 1 is 1.32 bits per heavy atom. The fourth-order valence-corrected chi connectivity index (χ4v) is 2.00. The normalized spacial score (nSPS) is 12.3. The van der Waals surface area contributed by atoms with Crippen molar-refractivity contribution in [1.29, 1.82) is 0 Å². The van der Waals surface area contributed by atoms with Crippen LogP contribution in [0.5, 0.6) is 5.75 Å². The molecule has 0 heterocycles. The monoisotopic (exact) mass is 283 g/mol. The van der Waals surface area contributed by atoms with Crippen molar-refractivity contribution in [2.24, 2.45) is 0 Å². The van der Waals surface area contributed by atoms with Crippen molar-refractivity contribution in [3.63, 3.8) is 0 Å². The van der Waals surface area contributed by atoms with E-state index in [-0.39, 0.29) is 18.1 Å². The third-order valence-electron chi connectivity index (χ3n) is 2.77. The molecule has 0 aliphatic rings. The molecular weight excluding hydrogens is 262 g/mol. The van der Waals surface area contributed by atoms with Crippen molar-refractivity contribution >= 4 is 17.5 Å². The van der Waals surface area contributed by atoms with E-state index in [0.717, 1.165) is 18.6 Å². The Labute approximate surface area is 120 Å². The van der Waals surface area contributed by atoms with Gasteiger partial charge in [0.15, 0.2) is 0 Å². The average molecular weight is 284 g/mol. The predicted octanol–water partition coefficient (Wildman–Crippen LogP) is 3.61. The molecule has 0 aliphatic heterocycles. The lowest BCUT2D eigenvalue weighted by Crippen LogP contribution is -2.34. The molecule has 1 N–H and O–H groups in total. The van der Waals surface area contributed by atoms with Crippen LogP contribution in [0, 0.1) is 0 Å². The van der Waals surface area contributed by atoms with Crippen LogP contribution in [-0.2, 0) is 0 Å². The van der Waals surface area contributed by atoms with Crippen LogP contribution in [-0.4, -0.2) is 23.9 Å². The molecule has 106 valence electrons. The first-order valence-corrected chi connectivity index (χ1v) is 7.23. The summed E-state index contributed by atoms with van der Waals surface area (Å²) in [5.41, 5.74) is 0.643. The highest BCUT2D eigenvalue weighted by Gasteiger charge is 2.11. The Morgan fingerprint density at radius 3 is 2.42 bits per heavy atom. The summed E-state index contributed by atoms with van der Waals surface area (Å²) < 4.78 is 5.54. The third kappa shape index (κ3) is 5.52. The van der Waals surface area contributed by atoms with Crippen molar-refractivity contribution in [3.8, 4) is 5.75 Å². The molecule has 0 fully saturated rings. The van der Waals surface area contributed by atoms with Crippen molar-refractivity contribution in [2.45, 2.75) is 45.8 Å². The smallest absolute Gasteiger partial charge is 0.251 e. The summed E-state index contributed by atoms with van der Waals surface area (Å²) in [5.74, 6) is 1.27. The number of nitrogens with one attached hydrogen (secondary N) is 1. The van der Waals surface area contributed by atoms with E-state index < -0.39 is 0 Å². The van der Waals surface area contributed by atoms with Crippen LogP contribution in [0.1, 0.15) is 44.0 Å². The standard InChI is InChI=1S/C15H22ClNO2/c1-4-13(9-10-16)17-15(18)12-5-7-14(8-6-12)19-11(2)3/h5-8,11,13H,4,9-10H2,1-3H3,(H,17,18). The van der Waals surface area contributed by atoms with Gasteiger partial charge in [0.05, 0.1) is 6.10 Å². The van der Waals surface area contributed by atoms with Crippen LogP contribution < -0.4 is 10.1 Å². The quantitative estimate of drug-likeness (QED) is 0.776. The van der Waals surface area contributed by atoms with Crippen molar-refractivity contribution in [2.75, 3.05) is 5.88 Å². The SMILES string of the molecule is CCC(CCCl)NC(=O)c1ccc(OC(C)C)cc1. The number of hydrogen-bond acceptors (Lipinski definition) is 2. The molecule has 1 unspecified atom stereocenters. The second-order valence-corrected chi connectivity index (χ2v) is 5.13. The molecule has 1 rings (SSSR count). The minimum Gasteiger partial charge on any atom is -0.491 e. The lowest BCUT2D eigenvalue weighted by molar-refractivity contribution is 0.0935. The average Bonchev–Trinajstić information content (AvgIpc) is 2.38. The summed E-state index contributed by atoms with van der Waals surface area (Å²) in [7, 11) is 0. The van der Waals surface area contributed by atoms with E-state index in [0.29, 0.717) is 11.4 Å². The van der Waals surface area contributed by atoms with Crippen LogP contribution in [0.2, 0.25) is 0 Å². The maximum Gasteiger partial charge on any atom is 0.251 e. The number of amides is 1. The summed E-state index contributed by atoms with van der Waals surface area (Å²) >= 11 is 5.71. The molecule has 0 bridgehead atoms. The van der Waals surface area contributed by atoms with Crippen LogP contribution in [0.15, 0.2) is 24.3 Å². The van der Waals surface area contributed by atoms with Gasteiger partial charge in [-0.1, -0.05) is 6.92 Å². The molecule has 0 radical (unpaired) electrons. The Bertz CT molecular complexity index is 390. The lowest BCUT2D eigenvalue weighted by atomic mass is 10.1. The Balaban J connectivity index is 2.62. The predicted molar refractivity (Wildman–Crippen MR) is 79.1 cm³/mol. The number of carbonyl (C=O) groups excluding carboxylic acids is 1. The number of alkyl halides is 1. The minimum atomic E-state index is -0.0620. The topological polar surface area (TPSA) is 38.3 Å². The summed E-state index contributed by atoms with van der Waals surface area (Å²) in [6.07, 6.45) is 1.80. The van der Waals surface area contributed by atoms with Gasteiger partial charge >= 0.3 is 0 Å². The maximum absolute atomic E-state index is 12.0. The number of benzene rings is 1. The van der Waals surface area contributed by atoms with Gasteiger partial charge in [0, 0.05) is 17.5 Å². The van der Waals surface area contributed by atoms with Crippen LogP contribution in [0.4, 0.5) is 0 Å². The maximum atomic E-state index is 12.0. The van der Waals surface area contributed by atoms with Gasteiger partial charge in [0.1, 0.15) is 5.75 Å². The van der Waals surface area contributed by atoms with Gasteiger partial charge in [0.25, 0.3) is 5.91 Å². The molecule has 0 spiro atoms. The number of carbonyl (C=O) groups is 1. The molecule has 1 amide bonds. The zero-order chi connectivity index (χ0) is 14.3. The Morgan fingerprint density at radius 2 is 1.95 bits per heavy atom. The van der Waals surface area contributed by atoms with E-state index in [2.05, 4.69) is 5.32 Å². The Kier molecular flexibility index (Phi) is 6.71. The van der Waals surface area contributed by atoms with E-state index in [4.69, 9.17) is 16.3 Å². The third-order valence-corrected chi connectivity index (χ3v) is 2.99. The lowest BCUT2D eigenvalue weighted by Gasteiger charge is -2.16. The van der Waals surface area contributed by atoms with Crippen LogP contribution >= 0.6 is 11.6 Å². The highest BCUT2D eigenvalue weighted by Crippen LogP contribution is 2.14. The molecule has 4 heteroatoms. The summed E-state index contributed by atoms with van der Waals surface area (Å²) in [6.45, 7) is 5.98. The molecule has 0 saturated heterocycles. The highest BCUT2D eigenvalue weighted by atomic mass is 35.5. The van der Waals surface area contributed by atoms with E-state index in [1.54, 1.807) is 12.1 Å². The molecule has 19 heavy (non-hydrogen) atoms. The van der Waals surface area contributed by atoms with Gasteiger partial charge in [-0.05, 0) is 51.0 Å². The number of rotatable bonds is 7. The first-order valence-electron chi connectivity index (χ1n) is 6.70. The second-order valence-electron chi connectivity index (χ2n) is 4.75. The molecule has 1 atom stereocenters. The van der Waals surface area contributed by atoms with E-state index in [1.807, 2.05) is 32.9 Å². The van der Waals surface area contributed by atoms with E-state index >= 15 is 0 Å². The summed E-state index contributed by atoms with van der Waals surface area (Å²) in [4.78, 5) is 12.0. The molecule has 1 aromatic carbocycles. The van der Waals surface area contributed by atoms with Gasteiger partial charge in [-0.3, -0.25) is 4.79 Å². The van der Waals surface area contributed by atoms with Crippen molar-refractivity contribution in [3.05, 3.63) is 29.8 Å². The largest absolute Gasteiger partial charge is 0.491 e. The summed E-state index contributed by atoms with van der Waals surface area (Å²) in [5, 5.41) is 2.98. The van der Waals surface area contributed by atoms with Gasteiger partial charge in [-0.2, -0.15) is 0 Å². The first kappa shape index (κ1) is 15.8. The first-order chi connectivity index (χ1) is 9.06. The van der Waals surface area contributed by atoms with Gasteiger partial charge in [0.2, 0.25) is 0 Å². The second kappa shape index (κ2) is 8.05. The van der Waals surface area contributed by atoms with Crippen molar-refractivity contribution < 1.29 is 9.53 Å². The molecule has 0 aromatic heterocycles. The molecule has 3 nitrogen and oxygen atoms in total.